The molecule has 68 valence electrons. The summed E-state index contributed by atoms with van der Waals surface area (Å²) in [6.07, 6.45) is 0. The van der Waals surface area contributed by atoms with E-state index in [1.165, 1.54) is 0 Å². The number of likely N-dealkylation sites (N-methyl/N-ethyl adjacent to an activating group) is 2. The largest absolute Gasteiger partial charge is 0.318 e. The lowest BCUT2D eigenvalue weighted by Crippen LogP contribution is -2.49. The second kappa shape index (κ2) is 4.73. The fraction of sp³-hybridized carbons (Fsp3) is 1.00. The number of hydrogen-bond acceptors (Lipinski definition) is 2. The van der Waals surface area contributed by atoms with Crippen molar-refractivity contribution < 1.29 is 0 Å². The molecule has 0 aliphatic heterocycles. The van der Waals surface area contributed by atoms with Gasteiger partial charge in [0.1, 0.15) is 0 Å². The average Bonchev–Trinajstić information content (AvgIpc) is 1.89. The van der Waals surface area contributed by atoms with E-state index in [1.807, 2.05) is 7.05 Å². The Morgan fingerprint density at radius 3 is 1.91 bits per heavy atom. The third-order valence-corrected chi connectivity index (χ3v) is 2.23. The van der Waals surface area contributed by atoms with Crippen molar-refractivity contribution in [2.75, 3.05) is 26.7 Å². The van der Waals surface area contributed by atoms with Crippen molar-refractivity contribution in [2.45, 2.75) is 33.2 Å². The van der Waals surface area contributed by atoms with Gasteiger partial charge in [-0.1, -0.05) is 13.8 Å². The minimum absolute atomic E-state index is 0.290. The molecule has 0 aliphatic carbocycles. The first-order valence-corrected chi connectivity index (χ1v) is 4.48. The van der Waals surface area contributed by atoms with Gasteiger partial charge in [-0.25, -0.2) is 0 Å². The number of rotatable bonds is 5. The van der Waals surface area contributed by atoms with Gasteiger partial charge < -0.3 is 5.32 Å². The Morgan fingerprint density at radius 2 is 1.64 bits per heavy atom. The third-order valence-electron chi connectivity index (χ3n) is 2.23. The Morgan fingerprint density at radius 1 is 1.18 bits per heavy atom. The van der Waals surface area contributed by atoms with Crippen LogP contribution in [0.15, 0.2) is 0 Å². The van der Waals surface area contributed by atoms with Gasteiger partial charge >= 0.3 is 0 Å². The monoisotopic (exact) mass is 158 g/mol. The predicted molar refractivity (Wildman–Crippen MR) is 50.9 cm³/mol. The Labute approximate surface area is 71.0 Å². The summed E-state index contributed by atoms with van der Waals surface area (Å²) in [5.74, 6) is 0. The summed E-state index contributed by atoms with van der Waals surface area (Å²) in [5, 5.41) is 3.22. The maximum Gasteiger partial charge on any atom is 0.0277 e. The second-order valence-corrected chi connectivity index (χ2v) is 3.52. The van der Waals surface area contributed by atoms with E-state index in [0.29, 0.717) is 0 Å². The molecule has 0 aromatic carbocycles. The van der Waals surface area contributed by atoms with Gasteiger partial charge in [-0.15, -0.1) is 0 Å². The molecule has 0 heterocycles. The standard InChI is InChI=1S/C9H22N2/c1-6-11(7-2)9(3,4)8-10-5/h10H,6-8H2,1-5H3. The van der Waals surface area contributed by atoms with Gasteiger partial charge in [0, 0.05) is 12.1 Å². The van der Waals surface area contributed by atoms with Crippen LogP contribution >= 0.6 is 0 Å². The van der Waals surface area contributed by atoms with Crippen molar-refractivity contribution in [1.29, 1.82) is 0 Å². The lowest BCUT2D eigenvalue weighted by Gasteiger charge is -2.37. The lowest BCUT2D eigenvalue weighted by molar-refractivity contribution is 0.135. The molecule has 0 rings (SSSR count). The van der Waals surface area contributed by atoms with Crippen LogP contribution in [0.1, 0.15) is 27.7 Å². The van der Waals surface area contributed by atoms with Crippen molar-refractivity contribution in [2.24, 2.45) is 0 Å². The van der Waals surface area contributed by atoms with Crippen LogP contribution in [0.2, 0.25) is 0 Å². The lowest BCUT2D eigenvalue weighted by atomic mass is 10.0. The zero-order chi connectivity index (χ0) is 8.91. The van der Waals surface area contributed by atoms with E-state index < -0.39 is 0 Å². The van der Waals surface area contributed by atoms with Crippen LogP contribution in [0.3, 0.4) is 0 Å². The molecule has 0 saturated heterocycles. The summed E-state index contributed by atoms with van der Waals surface area (Å²) >= 11 is 0. The minimum atomic E-state index is 0.290. The van der Waals surface area contributed by atoms with Gasteiger partial charge in [-0.05, 0) is 34.0 Å². The van der Waals surface area contributed by atoms with E-state index in [4.69, 9.17) is 0 Å². The molecule has 0 aromatic rings. The Balaban J connectivity index is 4.00. The van der Waals surface area contributed by atoms with Crippen molar-refractivity contribution in [3.8, 4) is 0 Å². The van der Waals surface area contributed by atoms with E-state index in [9.17, 15) is 0 Å². The highest BCUT2D eigenvalue weighted by Gasteiger charge is 2.22. The summed E-state index contributed by atoms with van der Waals surface area (Å²) < 4.78 is 0. The molecule has 2 heteroatoms. The van der Waals surface area contributed by atoms with Crippen LogP contribution < -0.4 is 5.32 Å². The van der Waals surface area contributed by atoms with Crippen LogP contribution in [0.25, 0.3) is 0 Å². The molecular formula is C9H22N2. The summed E-state index contributed by atoms with van der Waals surface area (Å²) in [7, 11) is 2.01. The van der Waals surface area contributed by atoms with Gasteiger partial charge in [0.25, 0.3) is 0 Å². The number of hydrogen-bond donors (Lipinski definition) is 1. The van der Waals surface area contributed by atoms with Gasteiger partial charge in [0.05, 0.1) is 0 Å². The predicted octanol–water partition coefficient (Wildman–Crippen LogP) is 1.33. The SMILES string of the molecule is CCN(CC)C(C)(C)CNC. The topological polar surface area (TPSA) is 15.3 Å². The van der Waals surface area contributed by atoms with Crippen LogP contribution in [-0.2, 0) is 0 Å². The summed E-state index contributed by atoms with van der Waals surface area (Å²) in [6.45, 7) is 12.3. The van der Waals surface area contributed by atoms with Crippen LogP contribution in [-0.4, -0.2) is 37.1 Å². The molecule has 0 amide bonds. The van der Waals surface area contributed by atoms with Gasteiger partial charge in [0.2, 0.25) is 0 Å². The van der Waals surface area contributed by atoms with Crippen molar-refractivity contribution in [3.05, 3.63) is 0 Å². The fourth-order valence-corrected chi connectivity index (χ4v) is 1.62. The molecule has 0 saturated carbocycles. The molecule has 0 aromatic heterocycles. The van der Waals surface area contributed by atoms with E-state index in [1.54, 1.807) is 0 Å². The molecule has 2 nitrogen and oxygen atoms in total. The smallest absolute Gasteiger partial charge is 0.0277 e. The van der Waals surface area contributed by atoms with Crippen molar-refractivity contribution in [1.82, 2.24) is 10.2 Å². The quantitative estimate of drug-likeness (QED) is 0.649. The van der Waals surface area contributed by atoms with E-state index in [2.05, 4.69) is 37.9 Å². The fourth-order valence-electron chi connectivity index (χ4n) is 1.62. The molecule has 0 aliphatic rings. The number of nitrogens with one attached hydrogen (secondary N) is 1. The highest BCUT2D eigenvalue weighted by atomic mass is 15.2. The van der Waals surface area contributed by atoms with Gasteiger partial charge in [-0.3, -0.25) is 4.90 Å². The summed E-state index contributed by atoms with van der Waals surface area (Å²) in [4.78, 5) is 2.46. The average molecular weight is 158 g/mol. The van der Waals surface area contributed by atoms with Crippen molar-refractivity contribution >= 4 is 0 Å². The van der Waals surface area contributed by atoms with Crippen molar-refractivity contribution in [3.63, 3.8) is 0 Å². The maximum atomic E-state index is 3.22. The van der Waals surface area contributed by atoms with E-state index >= 15 is 0 Å². The van der Waals surface area contributed by atoms with Crippen LogP contribution in [0, 0.1) is 0 Å². The third kappa shape index (κ3) is 3.21. The molecule has 1 N–H and O–H groups in total. The van der Waals surface area contributed by atoms with Gasteiger partial charge in [-0.2, -0.15) is 0 Å². The molecule has 0 fully saturated rings. The van der Waals surface area contributed by atoms with E-state index in [-0.39, 0.29) is 5.54 Å². The maximum absolute atomic E-state index is 3.22. The zero-order valence-corrected chi connectivity index (χ0v) is 8.57. The molecule has 0 spiro atoms. The molecule has 11 heavy (non-hydrogen) atoms. The second-order valence-electron chi connectivity index (χ2n) is 3.52. The molecular weight excluding hydrogens is 136 g/mol. The summed E-state index contributed by atoms with van der Waals surface area (Å²) in [6, 6.07) is 0. The molecule has 0 unspecified atom stereocenters. The first-order chi connectivity index (χ1) is 5.08. The van der Waals surface area contributed by atoms with Crippen LogP contribution in [0.4, 0.5) is 0 Å². The van der Waals surface area contributed by atoms with Gasteiger partial charge in [0.15, 0.2) is 0 Å². The first-order valence-electron chi connectivity index (χ1n) is 4.48. The first kappa shape index (κ1) is 10.9. The Hall–Kier alpha value is -0.0800. The zero-order valence-electron chi connectivity index (χ0n) is 8.57. The highest BCUT2D eigenvalue weighted by Crippen LogP contribution is 2.11. The molecule has 0 bridgehead atoms. The van der Waals surface area contributed by atoms with Crippen LogP contribution in [0.5, 0.6) is 0 Å². The van der Waals surface area contributed by atoms with E-state index in [0.717, 1.165) is 19.6 Å². The minimum Gasteiger partial charge on any atom is -0.318 e. The normalized spacial score (nSPS) is 12.5. The number of nitrogens with zero attached hydrogens (tertiary/aromatic N) is 1. The Kier molecular flexibility index (Phi) is 4.69. The molecule has 0 atom stereocenters. The molecule has 0 radical (unpaired) electrons. The highest BCUT2D eigenvalue weighted by molar-refractivity contribution is 4.81. The summed E-state index contributed by atoms with van der Waals surface area (Å²) in [5.41, 5.74) is 0.290. The Bertz CT molecular complexity index is 95.7.